The molecule has 6 nitrogen and oxygen atoms in total. The van der Waals surface area contributed by atoms with Gasteiger partial charge in [0.25, 0.3) is 0 Å². The van der Waals surface area contributed by atoms with Crippen molar-refractivity contribution >= 4 is 12.0 Å². The van der Waals surface area contributed by atoms with Crippen molar-refractivity contribution in [1.29, 1.82) is 0 Å². The van der Waals surface area contributed by atoms with Crippen LogP contribution in [0.4, 0.5) is 4.79 Å². The summed E-state index contributed by atoms with van der Waals surface area (Å²) in [7, 11) is 0. The molecule has 1 saturated heterocycles. The molecule has 0 aromatic heterocycles. The molecule has 21 heavy (non-hydrogen) atoms. The van der Waals surface area contributed by atoms with Gasteiger partial charge in [0.05, 0.1) is 18.8 Å². The minimum Gasteiger partial charge on any atom is -0.480 e. The summed E-state index contributed by atoms with van der Waals surface area (Å²) in [5, 5.41) is 12.0. The lowest BCUT2D eigenvalue weighted by atomic mass is 9.86. The lowest BCUT2D eigenvalue weighted by Crippen LogP contribution is -2.60. The molecule has 1 heterocycles. The fourth-order valence-electron chi connectivity index (χ4n) is 3.20. The van der Waals surface area contributed by atoms with Crippen LogP contribution in [0.1, 0.15) is 46.5 Å². The van der Waals surface area contributed by atoms with Gasteiger partial charge in [0.2, 0.25) is 0 Å². The van der Waals surface area contributed by atoms with E-state index in [1.54, 1.807) is 4.90 Å². The number of carbonyl (C=O) groups excluding carboxylic acids is 1. The van der Waals surface area contributed by atoms with E-state index in [0.29, 0.717) is 13.2 Å². The molecular formula is C15H26N2O4. The second kappa shape index (κ2) is 6.22. The molecule has 2 fully saturated rings. The number of carboxylic acids is 1. The Hall–Kier alpha value is -1.30. The average molecular weight is 298 g/mol. The fraction of sp³-hybridized carbons (Fsp3) is 0.867. The second-order valence-electron chi connectivity index (χ2n) is 7.04. The molecule has 6 heteroatoms. The Bertz CT molecular complexity index is 403. The standard InChI is InChI=1S/C15H26N2O4/c1-15(2,3)12(13(18)19)16-14(20)17-8-9-21-11-7-5-4-6-10(11)17/h10-12H,4-9H2,1-3H3,(H,16,20)(H,18,19). The summed E-state index contributed by atoms with van der Waals surface area (Å²) in [5.74, 6) is -0.996. The number of ether oxygens (including phenoxy) is 1. The van der Waals surface area contributed by atoms with Gasteiger partial charge in [0, 0.05) is 6.54 Å². The van der Waals surface area contributed by atoms with E-state index in [0.717, 1.165) is 25.7 Å². The van der Waals surface area contributed by atoms with Crippen molar-refractivity contribution in [3.63, 3.8) is 0 Å². The van der Waals surface area contributed by atoms with Crippen molar-refractivity contribution in [2.24, 2.45) is 5.41 Å². The van der Waals surface area contributed by atoms with Crippen molar-refractivity contribution in [3.05, 3.63) is 0 Å². The molecule has 3 atom stereocenters. The van der Waals surface area contributed by atoms with Gasteiger partial charge in [-0.2, -0.15) is 0 Å². The van der Waals surface area contributed by atoms with Gasteiger partial charge < -0.3 is 20.1 Å². The molecule has 0 radical (unpaired) electrons. The SMILES string of the molecule is CC(C)(C)C(NC(=O)N1CCOC2CCCCC21)C(=O)O. The number of morpholine rings is 1. The highest BCUT2D eigenvalue weighted by atomic mass is 16.5. The Kier molecular flexibility index (Phi) is 4.76. The lowest BCUT2D eigenvalue weighted by molar-refractivity contribution is -0.142. The number of fused-ring (bicyclic) bond motifs is 1. The zero-order valence-corrected chi connectivity index (χ0v) is 13.1. The number of nitrogens with zero attached hydrogens (tertiary/aromatic N) is 1. The first-order chi connectivity index (χ1) is 9.80. The van der Waals surface area contributed by atoms with Crippen molar-refractivity contribution in [2.75, 3.05) is 13.2 Å². The van der Waals surface area contributed by atoms with E-state index in [-0.39, 0.29) is 18.2 Å². The number of rotatable bonds is 2. The summed E-state index contributed by atoms with van der Waals surface area (Å²) in [6, 6.07) is -1.09. The van der Waals surface area contributed by atoms with E-state index in [2.05, 4.69) is 5.32 Å². The number of hydrogen-bond donors (Lipinski definition) is 2. The van der Waals surface area contributed by atoms with Crippen LogP contribution in [-0.2, 0) is 9.53 Å². The minimum absolute atomic E-state index is 0.0851. The Labute approximate surface area is 125 Å². The van der Waals surface area contributed by atoms with Crippen molar-refractivity contribution in [3.8, 4) is 0 Å². The van der Waals surface area contributed by atoms with Crippen molar-refractivity contribution in [1.82, 2.24) is 10.2 Å². The molecule has 1 saturated carbocycles. The molecule has 0 bridgehead atoms. The number of amides is 2. The maximum Gasteiger partial charge on any atom is 0.326 e. The van der Waals surface area contributed by atoms with Crippen LogP contribution in [-0.4, -0.2) is 53.3 Å². The monoisotopic (exact) mass is 298 g/mol. The van der Waals surface area contributed by atoms with E-state index in [4.69, 9.17) is 4.74 Å². The Morgan fingerprint density at radius 2 is 1.95 bits per heavy atom. The Morgan fingerprint density at radius 3 is 2.57 bits per heavy atom. The summed E-state index contributed by atoms with van der Waals surface area (Å²) in [4.78, 5) is 25.7. The molecule has 1 aliphatic carbocycles. The lowest BCUT2D eigenvalue weighted by Gasteiger charge is -2.44. The summed E-state index contributed by atoms with van der Waals surface area (Å²) in [5.41, 5.74) is -0.528. The van der Waals surface area contributed by atoms with Gasteiger partial charge in [0.1, 0.15) is 6.04 Å². The highest BCUT2D eigenvalue weighted by Crippen LogP contribution is 2.29. The third-order valence-corrected chi connectivity index (χ3v) is 4.37. The van der Waals surface area contributed by atoms with Crippen LogP contribution in [0.5, 0.6) is 0 Å². The molecular weight excluding hydrogens is 272 g/mol. The van der Waals surface area contributed by atoms with Crippen LogP contribution < -0.4 is 5.32 Å². The molecule has 2 rings (SSSR count). The smallest absolute Gasteiger partial charge is 0.326 e. The van der Waals surface area contributed by atoms with Gasteiger partial charge in [-0.15, -0.1) is 0 Å². The molecule has 2 amide bonds. The first-order valence-corrected chi connectivity index (χ1v) is 7.72. The predicted molar refractivity (Wildman–Crippen MR) is 78.1 cm³/mol. The summed E-state index contributed by atoms with van der Waals surface area (Å²) >= 11 is 0. The van der Waals surface area contributed by atoms with E-state index >= 15 is 0 Å². The van der Waals surface area contributed by atoms with E-state index in [9.17, 15) is 14.7 Å². The maximum absolute atomic E-state index is 12.5. The highest BCUT2D eigenvalue weighted by molar-refractivity contribution is 5.83. The fourth-order valence-corrected chi connectivity index (χ4v) is 3.20. The minimum atomic E-state index is -0.996. The maximum atomic E-state index is 12.5. The number of carbonyl (C=O) groups is 2. The number of hydrogen-bond acceptors (Lipinski definition) is 3. The molecule has 2 aliphatic rings. The first kappa shape index (κ1) is 16.1. The van der Waals surface area contributed by atoms with E-state index in [1.165, 1.54) is 0 Å². The third-order valence-electron chi connectivity index (χ3n) is 4.37. The Morgan fingerprint density at radius 1 is 1.29 bits per heavy atom. The number of aliphatic carboxylic acids is 1. The largest absolute Gasteiger partial charge is 0.480 e. The van der Waals surface area contributed by atoms with Crippen LogP contribution in [0, 0.1) is 5.41 Å². The number of carboxylic acid groups (broad SMARTS) is 1. The van der Waals surface area contributed by atoms with Crippen LogP contribution in [0.2, 0.25) is 0 Å². The van der Waals surface area contributed by atoms with Crippen molar-refractivity contribution in [2.45, 2.75) is 64.6 Å². The molecule has 120 valence electrons. The van der Waals surface area contributed by atoms with Crippen LogP contribution in [0.3, 0.4) is 0 Å². The zero-order chi connectivity index (χ0) is 15.6. The van der Waals surface area contributed by atoms with Crippen LogP contribution >= 0.6 is 0 Å². The van der Waals surface area contributed by atoms with Gasteiger partial charge in [-0.25, -0.2) is 9.59 Å². The predicted octanol–water partition coefficient (Wildman–Crippen LogP) is 1.84. The summed E-state index contributed by atoms with van der Waals surface area (Å²) in [6.45, 7) is 6.50. The topological polar surface area (TPSA) is 78.9 Å². The second-order valence-corrected chi connectivity index (χ2v) is 7.04. The van der Waals surface area contributed by atoms with Gasteiger partial charge in [-0.05, 0) is 18.3 Å². The van der Waals surface area contributed by atoms with Gasteiger partial charge >= 0.3 is 12.0 Å². The van der Waals surface area contributed by atoms with Gasteiger partial charge in [0.15, 0.2) is 0 Å². The van der Waals surface area contributed by atoms with Crippen LogP contribution in [0.15, 0.2) is 0 Å². The first-order valence-electron chi connectivity index (χ1n) is 7.72. The Balaban J connectivity index is 2.06. The van der Waals surface area contributed by atoms with Crippen LogP contribution in [0.25, 0.3) is 0 Å². The van der Waals surface area contributed by atoms with Gasteiger partial charge in [-0.1, -0.05) is 33.6 Å². The molecule has 0 aromatic carbocycles. The van der Waals surface area contributed by atoms with E-state index < -0.39 is 17.4 Å². The van der Waals surface area contributed by atoms with Gasteiger partial charge in [-0.3, -0.25) is 0 Å². The highest BCUT2D eigenvalue weighted by Gasteiger charge is 2.39. The third kappa shape index (κ3) is 3.67. The van der Waals surface area contributed by atoms with E-state index in [1.807, 2.05) is 20.8 Å². The number of urea groups is 1. The quantitative estimate of drug-likeness (QED) is 0.815. The van der Waals surface area contributed by atoms with Crippen molar-refractivity contribution < 1.29 is 19.4 Å². The normalized spacial score (nSPS) is 27.7. The number of nitrogens with one attached hydrogen (secondary N) is 1. The molecule has 3 unspecified atom stereocenters. The summed E-state index contributed by atoms with van der Waals surface area (Å²) in [6.07, 6.45) is 4.25. The average Bonchev–Trinajstić information content (AvgIpc) is 2.42. The molecule has 1 aliphatic heterocycles. The zero-order valence-electron chi connectivity index (χ0n) is 13.1. The molecule has 0 spiro atoms. The molecule has 0 aromatic rings. The summed E-state index contributed by atoms with van der Waals surface area (Å²) < 4.78 is 5.74. The molecule has 2 N–H and O–H groups in total.